The van der Waals surface area contributed by atoms with Gasteiger partial charge in [0.05, 0.1) is 12.2 Å². The van der Waals surface area contributed by atoms with E-state index in [1.807, 2.05) is 31.2 Å². The highest BCUT2D eigenvalue weighted by Gasteiger charge is 2.09. The van der Waals surface area contributed by atoms with Crippen molar-refractivity contribution in [2.24, 2.45) is 0 Å². The van der Waals surface area contributed by atoms with Gasteiger partial charge in [0.15, 0.2) is 0 Å². The first-order valence-corrected chi connectivity index (χ1v) is 7.02. The third-order valence-electron chi connectivity index (χ3n) is 3.26. The van der Waals surface area contributed by atoms with Gasteiger partial charge in [-0.25, -0.2) is 4.98 Å². The molecule has 1 unspecified atom stereocenters. The second-order valence-corrected chi connectivity index (χ2v) is 5.29. The molecule has 0 spiro atoms. The van der Waals surface area contributed by atoms with E-state index < -0.39 is 0 Å². The molecule has 4 heteroatoms. The van der Waals surface area contributed by atoms with Gasteiger partial charge in [-0.1, -0.05) is 30.7 Å². The Balaban J connectivity index is 2.17. The fourth-order valence-electron chi connectivity index (χ4n) is 1.94. The molecular formula is C15H20ClN3. The van der Waals surface area contributed by atoms with Gasteiger partial charge in [-0.15, -0.1) is 0 Å². The molecule has 0 fully saturated rings. The number of nitrogens with zero attached hydrogens (tertiary/aromatic N) is 1. The van der Waals surface area contributed by atoms with Crippen molar-refractivity contribution in [3.05, 3.63) is 40.8 Å². The molecule has 0 radical (unpaired) electrons. The van der Waals surface area contributed by atoms with E-state index in [0.29, 0.717) is 6.04 Å². The number of aromatic nitrogens is 2. The lowest BCUT2D eigenvalue weighted by molar-refractivity contribution is 0.525. The maximum atomic E-state index is 6.03. The maximum absolute atomic E-state index is 6.03. The fraction of sp³-hybridized carbons (Fsp3) is 0.400. The number of halogens is 1. The minimum absolute atomic E-state index is 0.500. The van der Waals surface area contributed by atoms with E-state index in [9.17, 15) is 0 Å². The molecule has 2 N–H and O–H groups in total. The van der Waals surface area contributed by atoms with E-state index >= 15 is 0 Å². The summed E-state index contributed by atoms with van der Waals surface area (Å²) in [7, 11) is 0. The first-order valence-electron chi connectivity index (χ1n) is 6.65. The molecule has 19 heavy (non-hydrogen) atoms. The molecule has 2 rings (SSSR count). The van der Waals surface area contributed by atoms with Crippen molar-refractivity contribution < 1.29 is 0 Å². The Hall–Kier alpha value is -1.32. The number of rotatable bonds is 5. The van der Waals surface area contributed by atoms with Crippen molar-refractivity contribution >= 4 is 11.6 Å². The summed E-state index contributed by atoms with van der Waals surface area (Å²) in [6, 6.07) is 8.29. The van der Waals surface area contributed by atoms with Crippen molar-refractivity contribution in [1.29, 1.82) is 0 Å². The van der Waals surface area contributed by atoms with Gasteiger partial charge >= 0.3 is 0 Å². The Morgan fingerprint density at radius 1 is 1.42 bits per heavy atom. The molecule has 3 nitrogen and oxygen atoms in total. The van der Waals surface area contributed by atoms with Crippen molar-refractivity contribution in [3.8, 4) is 11.3 Å². The Morgan fingerprint density at radius 2 is 2.21 bits per heavy atom. The Bertz CT molecular complexity index is 548. The molecule has 2 aromatic rings. The smallest absolute Gasteiger partial charge is 0.121 e. The van der Waals surface area contributed by atoms with Crippen LogP contribution in [0.2, 0.25) is 5.02 Å². The van der Waals surface area contributed by atoms with Crippen LogP contribution in [0.1, 0.15) is 31.8 Å². The van der Waals surface area contributed by atoms with Crippen LogP contribution in [0.25, 0.3) is 11.3 Å². The molecule has 1 aromatic carbocycles. The zero-order valence-corrected chi connectivity index (χ0v) is 12.4. The Labute approximate surface area is 119 Å². The summed E-state index contributed by atoms with van der Waals surface area (Å²) < 4.78 is 0. The van der Waals surface area contributed by atoms with Gasteiger partial charge in [0.1, 0.15) is 5.82 Å². The fourth-order valence-corrected chi connectivity index (χ4v) is 2.13. The van der Waals surface area contributed by atoms with Crippen LogP contribution >= 0.6 is 11.6 Å². The molecule has 1 aromatic heterocycles. The average molecular weight is 278 g/mol. The molecule has 1 atom stereocenters. The van der Waals surface area contributed by atoms with E-state index in [2.05, 4.69) is 29.1 Å². The van der Waals surface area contributed by atoms with Crippen LogP contribution < -0.4 is 5.32 Å². The normalized spacial score (nSPS) is 12.6. The van der Waals surface area contributed by atoms with Crippen LogP contribution in [0, 0.1) is 6.92 Å². The van der Waals surface area contributed by atoms with Crippen LogP contribution in [0.5, 0.6) is 0 Å². The molecule has 0 aliphatic carbocycles. The lowest BCUT2D eigenvalue weighted by Gasteiger charge is -2.08. The largest absolute Gasteiger partial charge is 0.344 e. The topological polar surface area (TPSA) is 40.7 Å². The van der Waals surface area contributed by atoms with Gasteiger partial charge in [-0.05, 0) is 32.4 Å². The number of aryl methyl sites for hydroxylation is 1. The molecule has 0 saturated heterocycles. The van der Waals surface area contributed by atoms with Gasteiger partial charge in [0.2, 0.25) is 0 Å². The molecule has 0 aliphatic heterocycles. The van der Waals surface area contributed by atoms with E-state index in [1.165, 1.54) is 0 Å². The van der Waals surface area contributed by atoms with Crippen molar-refractivity contribution in [2.45, 2.75) is 39.8 Å². The lowest BCUT2D eigenvalue weighted by Crippen LogP contribution is -2.24. The van der Waals surface area contributed by atoms with Gasteiger partial charge < -0.3 is 10.3 Å². The third kappa shape index (κ3) is 3.58. The predicted octanol–water partition coefficient (Wildman–Crippen LogP) is 3.93. The van der Waals surface area contributed by atoms with E-state index in [0.717, 1.165) is 40.8 Å². The first-order chi connectivity index (χ1) is 9.10. The molecule has 1 heterocycles. The highest BCUT2D eigenvalue weighted by molar-refractivity contribution is 6.30. The summed E-state index contributed by atoms with van der Waals surface area (Å²) in [6.45, 7) is 7.14. The van der Waals surface area contributed by atoms with Gasteiger partial charge in [-0.2, -0.15) is 0 Å². The summed E-state index contributed by atoms with van der Waals surface area (Å²) in [5.41, 5.74) is 3.10. The lowest BCUT2D eigenvalue weighted by atomic mass is 10.1. The number of hydrogen-bond donors (Lipinski definition) is 2. The summed E-state index contributed by atoms with van der Waals surface area (Å²) in [4.78, 5) is 7.98. The monoisotopic (exact) mass is 277 g/mol. The second-order valence-electron chi connectivity index (χ2n) is 4.86. The zero-order valence-electron chi connectivity index (χ0n) is 11.6. The molecule has 0 amide bonds. The molecule has 0 aliphatic rings. The van der Waals surface area contributed by atoms with Gasteiger partial charge in [-0.3, -0.25) is 0 Å². The van der Waals surface area contributed by atoms with Gasteiger partial charge in [0.25, 0.3) is 0 Å². The van der Waals surface area contributed by atoms with Crippen molar-refractivity contribution in [2.75, 3.05) is 0 Å². The summed E-state index contributed by atoms with van der Waals surface area (Å²) >= 11 is 6.03. The average Bonchev–Trinajstić information content (AvgIpc) is 2.77. The van der Waals surface area contributed by atoms with E-state index in [-0.39, 0.29) is 0 Å². The third-order valence-corrected chi connectivity index (χ3v) is 3.50. The quantitative estimate of drug-likeness (QED) is 0.869. The molecular weight excluding hydrogens is 258 g/mol. The van der Waals surface area contributed by atoms with Crippen LogP contribution in [0.3, 0.4) is 0 Å². The number of nitrogens with one attached hydrogen (secondary N) is 2. The minimum atomic E-state index is 0.500. The number of benzene rings is 1. The highest BCUT2D eigenvalue weighted by Crippen LogP contribution is 2.23. The standard InChI is InChI=1S/C15H20ClN3/c1-4-10(2)17-9-14-18-11(3)15(19-14)12-6-5-7-13(16)8-12/h5-8,10,17H,4,9H2,1-3H3,(H,18,19). The van der Waals surface area contributed by atoms with E-state index in [1.54, 1.807) is 0 Å². The minimum Gasteiger partial charge on any atom is -0.344 e. The Morgan fingerprint density at radius 3 is 2.89 bits per heavy atom. The predicted molar refractivity (Wildman–Crippen MR) is 80.4 cm³/mol. The number of imidazole rings is 1. The number of hydrogen-bond acceptors (Lipinski definition) is 2. The van der Waals surface area contributed by atoms with Crippen LogP contribution in [0.4, 0.5) is 0 Å². The highest BCUT2D eigenvalue weighted by atomic mass is 35.5. The van der Waals surface area contributed by atoms with Crippen LogP contribution in [-0.2, 0) is 6.54 Å². The van der Waals surface area contributed by atoms with Crippen LogP contribution in [-0.4, -0.2) is 16.0 Å². The van der Waals surface area contributed by atoms with Crippen molar-refractivity contribution in [3.63, 3.8) is 0 Å². The van der Waals surface area contributed by atoms with Crippen molar-refractivity contribution in [1.82, 2.24) is 15.3 Å². The Kier molecular flexibility index (Phi) is 4.61. The maximum Gasteiger partial charge on any atom is 0.121 e. The SMILES string of the molecule is CCC(C)NCc1nc(-c2cccc(Cl)c2)c(C)[nH]1. The second kappa shape index (κ2) is 6.22. The molecule has 102 valence electrons. The van der Waals surface area contributed by atoms with Gasteiger partial charge in [0, 0.05) is 22.3 Å². The molecule has 0 saturated carbocycles. The number of H-pyrrole nitrogens is 1. The zero-order chi connectivity index (χ0) is 13.8. The molecule has 0 bridgehead atoms. The van der Waals surface area contributed by atoms with Crippen LogP contribution in [0.15, 0.2) is 24.3 Å². The number of aromatic amines is 1. The summed E-state index contributed by atoms with van der Waals surface area (Å²) in [6.07, 6.45) is 1.11. The summed E-state index contributed by atoms with van der Waals surface area (Å²) in [5.74, 6) is 0.966. The summed E-state index contributed by atoms with van der Waals surface area (Å²) in [5, 5.41) is 4.17. The first kappa shape index (κ1) is 14.1. The van der Waals surface area contributed by atoms with E-state index in [4.69, 9.17) is 11.6 Å².